The molecule has 0 aliphatic carbocycles. The molecule has 24 heavy (non-hydrogen) atoms. The Hall–Kier alpha value is -2.85. The van der Waals surface area contributed by atoms with E-state index >= 15 is 0 Å². The average Bonchev–Trinajstić information content (AvgIpc) is 2.52. The number of hydrogen-bond donors (Lipinski definition) is 0. The van der Waals surface area contributed by atoms with Gasteiger partial charge in [0.15, 0.2) is 0 Å². The van der Waals surface area contributed by atoms with Crippen LogP contribution in [-0.2, 0) is 20.9 Å². The van der Waals surface area contributed by atoms with Gasteiger partial charge < -0.3 is 0 Å². The van der Waals surface area contributed by atoms with Crippen LogP contribution in [0.2, 0.25) is 0 Å². The number of para-hydroxylation sites is 1. The minimum Gasteiger partial charge on any atom is -0.261 e. The van der Waals surface area contributed by atoms with Crippen LogP contribution in [0.5, 0.6) is 0 Å². The van der Waals surface area contributed by atoms with E-state index in [1.54, 1.807) is 19.1 Å². The van der Waals surface area contributed by atoms with Gasteiger partial charge in [-0.3, -0.25) is 24.4 Å². The van der Waals surface area contributed by atoms with E-state index in [0.29, 0.717) is 0 Å². The first kappa shape index (κ1) is 17.5. The number of hydrogen-bond acceptors (Lipinski definition) is 7. The van der Waals surface area contributed by atoms with Gasteiger partial charge in [-0.25, -0.2) is 0 Å². The third kappa shape index (κ3) is 3.73. The van der Waals surface area contributed by atoms with Crippen LogP contribution in [0.1, 0.15) is 11.1 Å². The van der Waals surface area contributed by atoms with E-state index in [9.17, 15) is 28.6 Å². The Kier molecular flexibility index (Phi) is 4.90. The van der Waals surface area contributed by atoms with Gasteiger partial charge in [0.05, 0.1) is 26.9 Å². The molecule has 0 radical (unpaired) electrons. The predicted molar refractivity (Wildman–Crippen MR) is 82.9 cm³/mol. The normalized spacial score (nSPS) is 11.2. The second kappa shape index (κ2) is 6.72. The second-order valence-electron chi connectivity index (χ2n) is 4.83. The molecule has 126 valence electrons. The monoisotopic (exact) mass is 352 g/mol. The lowest BCUT2D eigenvalue weighted by Gasteiger charge is -2.07. The fourth-order valence-corrected chi connectivity index (χ4v) is 2.85. The van der Waals surface area contributed by atoms with E-state index < -0.39 is 37.9 Å². The molecule has 0 aromatic heterocycles. The first-order chi connectivity index (χ1) is 11.2. The Labute approximate surface area is 136 Å². The van der Waals surface area contributed by atoms with Crippen molar-refractivity contribution in [1.82, 2.24) is 0 Å². The van der Waals surface area contributed by atoms with Crippen molar-refractivity contribution >= 4 is 21.5 Å². The number of nitro groups is 2. The maximum atomic E-state index is 12.1. The van der Waals surface area contributed by atoms with Crippen molar-refractivity contribution in [3.8, 4) is 0 Å². The molecule has 2 rings (SSSR count). The van der Waals surface area contributed by atoms with Gasteiger partial charge in [-0.15, -0.1) is 0 Å². The van der Waals surface area contributed by atoms with E-state index in [1.807, 2.05) is 0 Å². The summed E-state index contributed by atoms with van der Waals surface area (Å²) < 4.78 is 29.0. The molecular weight excluding hydrogens is 340 g/mol. The molecule has 10 heteroatoms. The van der Waals surface area contributed by atoms with Gasteiger partial charge in [0, 0.05) is 6.07 Å². The van der Waals surface area contributed by atoms with Crippen molar-refractivity contribution < 1.29 is 22.4 Å². The van der Waals surface area contributed by atoms with Gasteiger partial charge in [0.25, 0.3) is 10.1 Å². The fraction of sp³-hybridized carbons (Fsp3) is 0.143. The van der Waals surface area contributed by atoms with Gasteiger partial charge in [-0.05, 0) is 25.1 Å². The minimum atomic E-state index is -4.14. The summed E-state index contributed by atoms with van der Waals surface area (Å²) in [6, 6.07) is 9.23. The summed E-state index contributed by atoms with van der Waals surface area (Å²) in [4.78, 5) is 20.0. The van der Waals surface area contributed by atoms with Crippen LogP contribution in [0.25, 0.3) is 0 Å². The number of rotatable bonds is 6. The maximum Gasteiger partial charge on any atom is 0.351 e. The Morgan fingerprint density at radius 2 is 1.62 bits per heavy atom. The van der Waals surface area contributed by atoms with E-state index in [0.717, 1.165) is 11.6 Å². The number of nitro benzene ring substituents is 2. The lowest BCUT2D eigenvalue weighted by Crippen LogP contribution is -2.08. The van der Waals surface area contributed by atoms with Gasteiger partial charge in [0.1, 0.15) is 0 Å². The van der Waals surface area contributed by atoms with Gasteiger partial charge in [0.2, 0.25) is 0 Å². The molecule has 9 nitrogen and oxygen atoms in total. The zero-order chi connectivity index (χ0) is 17.9. The van der Waals surface area contributed by atoms with Crippen LogP contribution in [0.15, 0.2) is 47.4 Å². The third-order valence-corrected chi connectivity index (χ3v) is 4.43. The highest BCUT2D eigenvalue weighted by atomic mass is 32.2. The second-order valence-corrected chi connectivity index (χ2v) is 6.44. The predicted octanol–water partition coefficient (Wildman–Crippen LogP) is 2.72. The summed E-state index contributed by atoms with van der Waals surface area (Å²) in [5.74, 6) is 0. The first-order valence-corrected chi connectivity index (χ1v) is 8.00. The minimum absolute atomic E-state index is 0.110. The Morgan fingerprint density at radius 1 is 1.00 bits per heavy atom. The largest absolute Gasteiger partial charge is 0.351 e. The van der Waals surface area contributed by atoms with Crippen molar-refractivity contribution in [2.75, 3.05) is 0 Å². The summed E-state index contributed by atoms with van der Waals surface area (Å²) in [6.07, 6.45) is 0. The Morgan fingerprint density at radius 3 is 2.17 bits per heavy atom. The maximum absolute atomic E-state index is 12.1. The Bertz CT molecular complexity index is 892. The zero-order valence-electron chi connectivity index (χ0n) is 12.4. The molecule has 0 spiro atoms. The first-order valence-electron chi connectivity index (χ1n) is 6.59. The molecule has 2 aromatic carbocycles. The third-order valence-electron chi connectivity index (χ3n) is 3.16. The number of nitrogens with zero attached hydrogens (tertiary/aromatic N) is 2. The van der Waals surface area contributed by atoms with Crippen molar-refractivity contribution in [1.29, 1.82) is 0 Å². The summed E-state index contributed by atoms with van der Waals surface area (Å²) >= 11 is 0. The van der Waals surface area contributed by atoms with Gasteiger partial charge in [-0.1, -0.05) is 23.8 Å². The summed E-state index contributed by atoms with van der Waals surface area (Å²) in [7, 11) is -4.14. The summed E-state index contributed by atoms with van der Waals surface area (Å²) in [5.41, 5.74) is -0.872. The SMILES string of the molecule is Cc1ccc(S(=O)(=O)OCc2cccc([N+](=O)[O-])c2[N+](=O)[O-])cc1. The molecule has 0 bridgehead atoms. The van der Waals surface area contributed by atoms with Crippen molar-refractivity contribution in [3.05, 3.63) is 73.8 Å². The van der Waals surface area contributed by atoms with E-state index in [1.165, 1.54) is 24.3 Å². The lowest BCUT2D eigenvalue weighted by molar-refractivity contribution is -0.423. The molecule has 2 aromatic rings. The van der Waals surface area contributed by atoms with Crippen LogP contribution >= 0.6 is 0 Å². The zero-order valence-corrected chi connectivity index (χ0v) is 13.2. The van der Waals surface area contributed by atoms with Crippen molar-refractivity contribution in [2.24, 2.45) is 0 Å². The highest BCUT2D eigenvalue weighted by Gasteiger charge is 2.29. The molecule has 0 saturated heterocycles. The summed E-state index contributed by atoms with van der Waals surface area (Å²) in [6.45, 7) is 1.10. The highest BCUT2D eigenvalue weighted by Crippen LogP contribution is 2.31. The summed E-state index contributed by atoms with van der Waals surface area (Å²) in [5, 5.41) is 22.0. The molecule has 0 aliphatic rings. The highest BCUT2D eigenvalue weighted by molar-refractivity contribution is 7.86. The van der Waals surface area contributed by atoms with Crippen LogP contribution in [0.3, 0.4) is 0 Å². The van der Waals surface area contributed by atoms with E-state index in [2.05, 4.69) is 0 Å². The van der Waals surface area contributed by atoms with Crippen molar-refractivity contribution in [3.63, 3.8) is 0 Å². The molecule has 0 fully saturated rings. The van der Waals surface area contributed by atoms with Gasteiger partial charge >= 0.3 is 11.4 Å². The Balaban J connectivity index is 2.32. The smallest absolute Gasteiger partial charge is 0.261 e. The number of aryl methyl sites for hydroxylation is 1. The van der Waals surface area contributed by atoms with Crippen molar-refractivity contribution in [2.45, 2.75) is 18.4 Å². The van der Waals surface area contributed by atoms with E-state index in [4.69, 9.17) is 4.18 Å². The lowest BCUT2D eigenvalue weighted by atomic mass is 10.1. The molecular formula is C14H12N2O7S. The topological polar surface area (TPSA) is 130 Å². The van der Waals surface area contributed by atoms with Crippen LogP contribution < -0.4 is 0 Å². The van der Waals surface area contributed by atoms with Crippen LogP contribution in [0, 0.1) is 27.2 Å². The molecule has 0 heterocycles. The standard InChI is InChI=1S/C14H12N2O7S/c1-10-5-7-12(8-6-10)24(21,22)23-9-11-3-2-4-13(15(17)18)14(11)16(19)20/h2-8H,9H2,1H3. The average molecular weight is 352 g/mol. The van der Waals surface area contributed by atoms with Crippen LogP contribution in [0.4, 0.5) is 11.4 Å². The quantitative estimate of drug-likeness (QED) is 0.444. The molecule has 0 amide bonds. The van der Waals surface area contributed by atoms with Gasteiger partial charge in [-0.2, -0.15) is 8.42 Å². The van der Waals surface area contributed by atoms with E-state index in [-0.39, 0.29) is 10.5 Å². The van der Waals surface area contributed by atoms with Crippen LogP contribution in [-0.4, -0.2) is 18.3 Å². The molecule has 0 aliphatic heterocycles. The fourth-order valence-electron chi connectivity index (χ4n) is 1.97. The molecule has 0 N–H and O–H groups in total. The molecule has 0 atom stereocenters. The number of benzene rings is 2. The molecule has 0 unspecified atom stereocenters. The molecule has 0 saturated carbocycles.